The summed E-state index contributed by atoms with van der Waals surface area (Å²) in [6.45, 7) is 10.5. The summed E-state index contributed by atoms with van der Waals surface area (Å²) in [5.41, 5.74) is 10.3. The quantitative estimate of drug-likeness (QED) is 0.403. The third-order valence-corrected chi connectivity index (χ3v) is 10.2. The average Bonchev–Trinajstić information content (AvgIpc) is 3.23. The normalized spacial score (nSPS) is 21.2. The van der Waals surface area contributed by atoms with Gasteiger partial charge in [0.25, 0.3) is 5.91 Å². The van der Waals surface area contributed by atoms with Gasteiger partial charge in [0.2, 0.25) is 10.0 Å². The van der Waals surface area contributed by atoms with Crippen LogP contribution in [0, 0.1) is 17.7 Å². The van der Waals surface area contributed by atoms with E-state index in [1.807, 2.05) is 6.07 Å². The Kier molecular flexibility index (Phi) is 8.79. The first-order valence-electron chi connectivity index (χ1n) is 13.8. The van der Waals surface area contributed by atoms with E-state index < -0.39 is 15.9 Å². The number of amides is 1. The first kappa shape index (κ1) is 28.5. The van der Waals surface area contributed by atoms with Crippen LogP contribution in [0.5, 0.6) is 0 Å². The summed E-state index contributed by atoms with van der Waals surface area (Å²) in [6.07, 6.45) is 2.57. The zero-order valence-corrected chi connectivity index (χ0v) is 23.7. The third kappa shape index (κ3) is 6.05. The monoisotopic (exact) mass is 544 g/mol. The van der Waals surface area contributed by atoms with Gasteiger partial charge in [-0.1, -0.05) is 20.3 Å². The second-order valence-electron chi connectivity index (χ2n) is 10.9. The molecule has 38 heavy (non-hydrogen) atoms. The first-order chi connectivity index (χ1) is 18.0. The lowest BCUT2D eigenvalue weighted by molar-refractivity contribution is 0.100. The molecule has 2 aliphatic rings. The average molecular weight is 545 g/mol. The Morgan fingerprint density at radius 2 is 1.84 bits per heavy atom. The molecule has 0 radical (unpaired) electrons. The van der Waals surface area contributed by atoms with Crippen molar-refractivity contribution in [2.45, 2.75) is 65.5 Å². The summed E-state index contributed by atoms with van der Waals surface area (Å²) in [5, 5.41) is 6.88. The van der Waals surface area contributed by atoms with Crippen LogP contribution in [0.4, 0.5) is 10.1 Å². The predicted octanol–water partition coefficient (Wildman–Crippen LogP) is 4.69. The van der Waals surface area contributed by atoms with Gasteiger partial charge in [-0.05, 0) is 97.7 Å². The van der Waals surface area contributed by atoms with Gasteiger partial charge >= 0.3 is 0 Å². The van der Waals surface area contributed by atoms with Crippen molar-refractivity contribution in [3.8, 4) is 11.1 Å². The molecule has 2 heterocycles. The topological polar surface area (TPSA) is 105 Å². The van der Waals surface area contributed by atoms with E-state index in [4.69, 9.17) is 5.73 Å². The molecule has 0 spiro atoms. The highest BCUT2D eigenvalue weighted by atomic mass is 32.2. The molecule has 2 aromatic rings. The summed E-state index contributed by atoms with van der Waals surface area (Å²) < 4.78 is 41.0. The van der Waals surface area contributed by atoms with Crippen molar-refractivity contribution in [2.24, 2.45) is 17.6 Å². The predicted molar refractivity (Wildman–Crippen MR) is 151 cm³/mol. The number of nitrogens with two attached hydrogens (primary N) is 1. The van der Waals surface area contributed by atoms with Gasteiger partial charge < -0.3 is 16.4 Å². The van der Waals surface area contributed by atoms with Crippen LogP contribution in [0.1, 0.15) is 74.4 Å². The maximum absolute atomic E-state index is 14.7. The van der Waals surface area contributed by atoms with Crippen molar-refractivity contribution < 1.29 is 17.6 Å². The summed E-state index contributed by atoms with van der Waals surface area (Å²) in [7, 11) is -3.21. The van der Waals surface area contributed by atoms with Crippen LogP contribution in [-0.4, -0.2) is 50.1 Å². The molecule has 1 saturated heterocycles. The zero-order chi connectivity index (χ0) is 27.6. The fraction of sp³-hybridized carbons (Fsp3) is 0.552. The number of benzene rings is 2. The van der Waals surface area contributed by atoms with E-state index in [-0.39, 0.29) is 29.4 Å². The van der Waals surface area contributed by atoms with Gasteiger partial charge in [0.15, 0.2) is 0 Å². The van der Waals surface area contributed by atoms with Crippen LogP contribution in [0.25, 0.3) is 11.1 Å². The van der Waals surface area contributed by atoms with Crippen molar-refractivity contribution in [1.82, 2.24) is 9.62 Å². The summed E-state index contributed by atoms with van der Waals surface area (Å²) in [5.74, 6) is 0.148. The highest BCUT2D eigenvalue weighted by Gasteiger charge is 2.40. The van der Waals surface area contributed by atoms with E-state index in [0.29, 0.717) is 36.7 Å². The zero-order valence-electron chi connectivity index (χ0n) is 22.9. The molecular weight excluding hydrogens is 503 g/mol. The number of piperidine rings is 1. The molecule has 9 heteroatoms. The minimum Gasteiger partial charge on any atom is -0.381 e. The Hall–Kier alpha value is -2.49. The van der Waals surface area contributed by atoms with Gasteiger partial charge in [0, 0.05) is 31.6 Å². The smallest absolute Gasteiger partial charge is 0.250 e. The van der Waals surface area contributed by atoms with Gasteiger partial charge in [0.1, 0.15) is 5.82 Å². The number of anilines is 1. The maximum atomic E-state index is 14.7. The molecular formula is C29H41FN4O3S. The SMILES string of the molecule is CC[C@H](C)CNCc1cc(F)cc(-c2cc(C(N)=O)c3c(c2)C(C2CCN(S(=O)(=O)CC)CC2)C(C)N3)c1. The van der Waals surface area contributed by atoms with Crippen LogP contribution in [0.2, 0.25) is 0 Å². The number of hydrogen-bond acceptors (Lipinski definition) is 5. The second kappa shape index (κ2) is 11.7. The molecule has 0 saturated carbocycles. The molecule has 1 amide bonds. The Morgan fingerprint density at radius 1 is 1.16 bits per heavy atom. The van der Waals surface area contributed by atoms with Crippen LogP contribution < -0.4 is 16.4 Å². The van der Waals surface area contributed by atoms with Crippen LogP contribution in [0.3, 0.4) is 0 Å². The van der Waals surface area contributed by atoms with E-state index in [2.05, 4.69) is 37.5 Å². The molecule has 0 aromatic heterocycles. The van der Waals surface area contributed by atoms with Crippen molar-refractivity contribution in [3.05, 3.63) is 52.8 Å². The van der Waals surface area contributed by atoms with Crippen LogP contribution >= 0.6 is 0 Å². The molecule has 4 rings (SSSR count). The van der Waals surface area contributed by atoms with Crippen molar-refractivity contribution >= 4 is 21.6 Å². The van der Waals surface area contributed by atoms with Crippen molar-refractivity contribution in [2.75, 3.05) is 30.7 Å². The number of fused-ring (bicyclic) bond motifs is 1. The molecule has 2 aliphatic heterocycles. The van der Waals surface area contributed by atoms with Gasteiger partial charge in [-0.3, -0.25) is 4.79 Å². The van der Waals surface area contributed by atoms with E-state index in [0.717, 1.165) is 48.2 Å². The Bertz CT molecular complexity index is 1270. The lowest BCUT2D eigenvalue weighted by Crippen LogP contribution is -2.41. The Balaban J connectivity index is 1.65. The Morgan fingerprint density at radius 3 is 2.47 bits per heavy atom. The fourth-order valence-corrected chi connectivity index (χ4v) is 7.05. The molecule has 1 fully saturated rings. The largest absolute Gasteiger partial charge is 0.381 e. The third-order valence-electron chi connectivity index (χ3n) is 8.28. The lowest BCUT2D eigenvalue weighted by atomic mass is 9.77. The molecule has 7 nitrogen and oxygen atoms in total. The molecule has 2 unspecified atom stereocenters. The van der Waals surface area contributed by atoms with Crippen molar-refractivity contribution in [1.29, 1.82) is 0 Å². The maximum Gasteiger partial charge on any atom is 0.250 e. The molecule has 2 aromatic carbocycles. The minimum absolute atomic E-state index is 0.0607. The number of carbonyl (C=O) groups excluding carboxylic acids is 1. The van der Waals surface area contributed by atoms with E-state index in [1.165, 1.54) is 6.07 Å². The number of nitrogens with one attached hydrogen (secondary N) is 2. The number of halogens is 1. The fourth-order valence-electron chi connectivity index (χ4n) is 5.92. The van der Waals surface area contributed by atoms with Crippen molar-refractivity contribution in [3.63, 3.8) is 0 Å². The number of carbonyl (C=O) groups is 1. The van der Waals surface area contributed by atoms with E-state index >= 15 is 0 Å². The number of rotatable bonds is 10. The van der Waals surface area contributed by atoms with Gasteiger partial charge in [-0.15, -0.1) is 0 Å². The number of primary amides is 1. The lowest BCUT2D eigenvalue weighted by Gasteiger charge is -2.35. The highest BCUT2D eigenvalue weighted by Crippen LogP contribution is 2.47. The summed E-state index contributed by atoms with van der Waals surface area (Å²) in [4.78, 5) is 12.5. The molecule has 0 bridgehead atoms. The summed E-state index contributed by atoms with van der Waals surface area (Å²) >= 11 is 0. The molecule has 4 N–H and O–H groups in total. The summed E-state index contributed by atoms with van der Waals surface area (Å²) in [6, 6.07) is 8.88. The van der Waals surface area contributed by atoms with Gasteiger partial charge in [-0.2, -0.15) is 0 Å². The first-order valence-corrected chi connectivity index (χ1v) is 15.4. The second-order valence-corrected chi connectivity index (χ2v) is 13.2. The number of hydrogen-bond donors (Lipinski definition) is 3. The standard InChI is InChI=1S/C29H41FN4O3S/c1-5-18(3)16-32-17-20-11-22(13-24(30)12-20)23-14-25-27(19(4)33-28(25)26(15-23)29(31)35)21-7-9-34(10-8-21)38(36,37)6-2/h11-15,18-19,21,27,32-33H,5-10,16-17H2,1-4H3,(H2,31,35)/t18-,19?,27?/m0/s1. The molecule has 3 atom stereocenters. The van der Waals surface area contributed by atoms with Gasteiger partial charge in [0.05, 0.1) is 17.0 Å². The molecule has 0 aliphatic carbocycles. The molecule has 208 valence electrons. The number of nitrogens with zero attached hydrogens (tertiary/aromatic N) is 1. The minimum atomic E-state index is -3.21. The highest BCUT2D eigenvalue weighted by molar-refractivity contribution is 7.89. The van der Waals surface area contributed by atoms with E-state index in [9.17, 15) is 17.6 Å². The van der Waals surface area contributed by atoms with Crippen LogP contribution in [0.15, 0.2) is 30.3 Å². The van der Waals surface area contributed by atoms with Gasteiger partial charge in [-0.25, -0.2) is 17.1 Å². The van der Waals surface area contributed by atoms with Crippen LogP contribution in [-0.2, 0) is 16.6 Å². The number of sulfonamides is 1. The Labute approximate surface area is 226 Å². The van der Waals surface area contributed by atoms with E-state index in [1.54, 1.807) is 23.4 Å².